The zero-order valence-electron chi connectivity index (χ0n) is 13.6. The van der Waals surface area contributed by atoms with Crippen LogP contribution in [0.2, 0.25) is 0 Å². The lowest BCUT2D eigenvalue weighted by Gasteiger charge is -2.32. The van der Waals surface area contributed by atoms with Crippen molar-refractivity contribution >= 4 is 6.34 Å². The van der Waals surface area contributed by atoms with Gasteiger partial charge >= 0.3 is 0 Å². The minimum Gasteiger partial charge on any atom is -0.339 e. The van der Waals surface area contributed by atoms with E-state index in [0.29, 0.717) is 12.1 Å². The highest BCUT2D eigenvalue weighted by molar-refractivity contribution is 5.57. The van der Waals surface area contributed by atoms with Crippen LogP contribution in [0.15, 0.2) is 5.10 Å². The second-order valence-electron chi connectivity index (χ2n) is 6.66. The van der Waals surface area contributed by atoms with Gasteiger partial charge in [-0.3, -0.25) is 5.01 Å². The average Bonchev–Trinajstić information content (AvgIpc) is 2.67. The summed E-state index contributed by atoms with van der Waals surface area (Å²) < 4.78 is 0. The van der Waals surface area contributed by atoms with E-state index in [-0.39, 0.29) is 0 Å². The van der Waals surface area contributed by atoms with E-state index in [9.17, 15) is 0 Å². The first kappa shape index (κ1) is 16.3. The lowest BCUT2D eigenvalue weighted by Crippen LogP contribution is -2.42. The fourth-order valence-electron chi connectivity index (χ4n) is 2.63. The molecule has 0 saturated carbocycles. The molecule has 112 valence electrons. The summed E-state index contributed by atoms with van der Waals surface area (Å²) in [6.45, 7) is 13.7. The van der Waals surface area contributed by atoms with Crippen molar-refractivity contribution in [3.8, 4) is 0 Å². The van der Waals surface area contributed by atoms with E-state index in [1.54, 1.807) is 0 Å². The summed E-state index contributed by atoms with van der Waals surface area (Å²) in [6, 6.07) is 0. The van der Waals surface area contributed by atoms with E-state index in [0.717, 1.165) is 19.0 Å². The van der Waals surface area contributed by atoms with Crippen molar-refractivity contribution in [2.75, 3.05) is 13.1 Å². The van der Waals surface area contributed by atoms with Crippen LogP contribution >= 0.6 is 0 Å². The van der Waals surface area contributed by atoms with Crippen LogP contribution in [0.4, 0.5) is 0 Å². The third-order valence-corrected chi connectivity index (χ3v) is 3.57. The molecule has 0 spiro atoms. The van der Waals surface area contributed by atoms with Crippen molar-refractivity contribution in [1.82, 2.24) is 9.91 Å². The molecule has 0 aliphatic carbocycles. The third-order valence-electron chi connectivity index (χ3n) is 3.57. The number of hydrogen-bond donors (Lipinski definition) is 0. The quantitative estimate of drug-likeness (QED) is 0.584. The van der Waals surface area contributed by atoms with Crippen molar-refractivity contribution in [2.24, 2.45) is 16.9 Å². The normalized spacial score (nSPS) is 19.2. The zero-order chi connectivity index (χ0) is 14.3. The van der Waals surface area contributed by atoms with Crippen molar-refractivity contribution in [1.29, 1.82) is 0 Å². The molecule has 3 nitrogen and oxygen atoms in total. The van der Waals surface area contributed by atoms with Crippen LogP contribution in [-0.2, 0) is 0 Å². The van der Waals surface area contributed by atoms with Gasteiger partial charge in [0.25, 0.3) is 0 Å². The Balaban J connectivity index is 2.47. The van der Waals surface area contributed by atoms with Gasteiger partial charge in [-0.2, -0.15) is 5.10 Å². The first-order valence-electron chi connectivity index (χ1n) is 8.11. The molecule has 1 atom stereocenters. The SMILES string of the molecule is CCCCCCN1N=CN(CC(C)C)C1CC(C)C. The first-order valence-corrected chi connectivity index (χ1v) is 8.11. The molecule has 1 heterocycles. The molecule has 0 aromatic rings. The van der Waals surface area contributed by atoms with Gasteiger partial charge in [0, 0.05) is 13.1 Å². The molecule has 1 aliphatic heterocycles. The van der Waals surface area contributed by atoms with Crippen LogP contribution in [0.3, 0.4) is 0 Å². The van der Waals surface area contributed by atoms with Gasteiger partial charge < -0.3 is 4.90 Å². The highest BCUT2D eigenvalue weighted by Crippen LogP contribution is 2.21. The lowest BCUT2D eigenvalue weighted by atomic mass is 10.1. The Morgan fingerprint density at radius 2 is 1.79 bits per heavy atom. The zero-order valence-corrected chi connectivity index (χ0v) is 13.6. The highest BCUT2D eigenvalue weighted by Gasteiger charge is 2.28. The summed E-state index contributed by atoms with van der Waals surface area (Å²) in [7, 11) is 0. The Labute approximate surface area is 120 Å². The summed E-state index contributed by atoms with van der Waals surface area (Å²) in [5.74, 6) is 1.42. The second-order valence-corrected chi connectivity index (χ2v) is 6.66. The van der Waals surface area contributed by atoms with E-state index in [4.69, 9.17) is 0 Å². The van der Waals surface area contributed by atoms with Crippen LogP contribution in [0.1, 0.15) is 66.7 Å². The summed E-state index contributed by atoms with van der Waals surface area (Å²) in [5, 5.41) is 6.95. The topological polar surface area (TPSA) is 18.8 Å². The van der Waals surface area contributed by atoms with Gasteiger partial charge in [0.1, 0.15) is 12.5 Å². The molecule has 0 fully saturated rings. The molecule has 0 N–H and O–H groups in total. The Morgan fingerprint density at radius 1 is 1.05 bits per heavy atom. The number of rotatable bonds is 9. The van der Waals surface area contributed by atoms with Gasteiger partial charge in [-0.05, 0) is 24.7 Å². The van der Waals surface area contributed by atoms with E-state index in [1.807, 2.05) is 0 Å². The predicted molar refractivity (Wildman–Crippen MR) is 84.1 cm³/mol. The van der Waals surface area contributed by atoms with Gasteiger partial charge in [0.15, 0.2) is 0 Å². The Morgan fingerprint density at radius 3 is 2.37 bits per heavy atom. The molecule has 0 saturated heterocycles. The van der Waals surface area contributed by atoms with Crippen molar-refractivity contribution in [2.45, 2.75) is 72.9 Å². The molecule has 1 aliphatic rings. The van der Waals surface area contributed by atoms with Crippen molar-refractivity contribution in [3.63, 3.8) is 0 Å². The van der Waals surface area contributed by atoms with Crippen LogP contribution < -0.4 is 0 Å². The maximum absolute atomic E-state index is 4.64. The minimum absolute atomic E-state index is 0.490. The van der Waals surface area contributed by atoms with E-state index in [2.05, 4.69) is 56.0 Å². The molecule has 1 rings (SSSR count). The largest absolute Gasteiger partial charge is 0.339 e. The summed E-state index contributed by atoms with van der Waals surface area (Å²) in [4.78, 5) is 2.44. The fourth-order valence-corrected chi connectivity index (χ4v) is 2.63. The molecule has 1 unspecified atom stereocenters. The molecular weight excluding hydrogens is 234 g/mol. The number of hydrogen-bond acceptors (Lipinski definition) is 3. The van der Waals surface area contributed by atoms with Gasteiger partial charge in [-0.1, -0.05) is 53.9 Å². The maximum atomic E-state index is 4.64. The molecule has 0 bridgehead atoms. The molecule has 3 heteroatoms. The van der Waals surface area contributed by atoms with Gasteiger partial charge in [-0.25, -0.2) is 0 Å². The first-order chi connectivity index (χ1) is 9.04. The third kappa shape index (κ3) is 5.84. The smallest absolute Gasteiger partial charge is 0.119 e. The van der Waals surface area contributed by atoms with Crippen LogP contribution in [0, 0.1) is 11.8 Å². The molecule has 0 aromatic heterocycles. The standard InChI is InChI=1S/C16H33N3/c1-6-7-8-9-10-19-16(11-14(2)3)18(13-17-19)12-15(4)5/h13-16H,6-12H2,1-5H3. The second kappa shape index (κ2) is 8.44. The number of unbranched alkanes of at least 4 members (excludes halogenated alkanes) is 3. The predicted octanol–water partition coefficient (Wildman–Crippen LogP) is 4.16. The fraction of sp³-hybridized carbons (Fsp3) is 0.938. The molecular formula is C16H33N3. The Bertz CT molecular complexity index is 261. The Hall–Kier alpha value is -0.730. The molecule has 0 radical (unpaired) electrons. The van der Waals surface area contributed by atoms with Gasteiger partial charge in [-0.15, -0.1) is 0 Å². The van der Waals surface area contributed by atoms with E-state index in [1.165, 1.54) is 32.1 Å². The monoisotopic (exact) mass is 267 g/mol. The van der Waals surface area contributed by atoms with Crippen LogP contribution in [-0.4, -0.2) is 35.5 Å². The van der Waals surface area contributed by atoms with Crippen LogP contribution in [0.5, 0.6) is 0 Å². The molecule has 0 amide bonds. The molecule has 19 heavy (non-hydrogen) atoms. The van der Waals surface area contributed by atoms with E-state index < -0.39 is 0 Å². The number of nitrogens with zero attached hydrogens (tertiary/aromatic N) is 3. The van der Waals surface area contributed by atoms with Crippen LogP contribution in [0.25, 0.3) is 0 Å². The highest BCUT2D eigenvalue weighted by atomic mass is 15.6. The Kier molecular flexibility index (Phi) is 7.25. The summed E-state index contributed by atoms with van der Waals surface area (Å²) in [5.41, 5.74) is 0. The van der Waals surface area contributed by atoms with Gasteiger partial charge in [0.2, 0.25) is 0 Å². The number of hydrazone groups is 1. The van der Waals surface area contributed by atoms with E-state index >= 15 is 0 Å². The summed E-state index contributed by atoms with van der Waals surface area (Å²) in [6.07, 6.45) is 9.02. The summed E-state index contributed by atoms with van der Waals surface area (Å²) >= 11 is 0. The van der Waals surface area contributed by atoms with Gasteiger partial charge in [0.05, 0.1) is 0 Å². The van der Waals surface area contributed by atoms with Crippen molar-refractivity contribution in [3.05, 3.63) is 0 Å². The minimum atomic E-state index is 0.490. The molecule has 0 aromatic carbocycles. The average molecular weight is 267 g/mol. The van der Waals surface area contributed by atoms with Crippen molar-refractivity contribution < 1.29 is 0 Å². The lowest BCUT2D eigenvalue weighted by molar-refractivity contribution is 0.101. The maximum Gasteiger partial charge on any atom is 0.119 e.